The van der Waals surface area contributed by atoms with Gasteiger partial charge in [-0.15, -0.1) is 0 Å². The van der Waals surface area contributed by atoms with Gasteiger partial charge in [0, 0.05) is 0 Å². The number of imidazole rings is 1. The second-order valence-electron chi connectivity index (χ2n) is 3.65. The Morgan fingerprint density at radius 2 is 2.19 bits per heavy atom. The van der Waals surface area contributed by atoms with Crippen LogP contribution in [-0.2, 0) is 6.54 Å². The number of hydrogen-bond donors (Lipinski definition) is 2. The minimum absolute atomic E-state index is 0.0841. The summed E-state index contributed by atoms with van der Waals surface area (Å²) in [5.74, 6) is -2.11. The molecule has 0 saturated carbocycles. The van der Waals surface area contributed by atoms with E-state index in [2.05, 4.69) is 4.98 Å². The van der Waals surface area contributed by atoms with Crippen molar-refractivity contribution in [2.45, 2.75) is 19.6 Å². The number of H-pyrrole nitrogens is 1. The molecule has 16 heavy (non-hydrogen) atoms. The van der Waals surface area contributed by atoms with Gasteiger partial charge in [0.25, 0.3) is 0 Å². The van der Waals surface area contributed by atoms with E-state index in [9.17, 15) is 18.7 Å². The zero-order valence-corrected chi connectivity index (χ0v) is 8.50. The van der Waals surface area contributed by atoms with Gasteiger partial charge in [0.1, 0.15) is 5.52 Å². The zero-order valence-electron chi connectivity index (χ0n) is 8.50. The Balaban J connectivity index is 2.76. The second-order valence-corrected chi connectivity index (χ2v) is 3.65. The van der Waals surface area contributed by atoms with Gasteiger partial charge in [-0.3, -0.25) is 4.57 Å². The molecule has 1 atom stereocenters. The molecule has 0 amide bonds. The maximum absolute atomic E-state index is 13.5. The summed E-state index contributed by atoms with van der Waals surface area (Å²) >= 11 is 0. The molecule has 0 radical (unpaired) electrons. The smallest absolute Gasteiger partial charge is 0.326 e. The molecule has 1 unspecified atom stereocenters. The maximum Gasteiger partial charge on any atom is 0.326 e. The van der Waals surface area contributed by atoms with Crippen LogP contribution < -0.4 is 5.69 Å². The van der Waals surface area contributed by atoms with Crippen LogP contribution >= 0.6 is 0 Å². The minimum atomic E-state index is -1.09. The number of rotatable bonds is 2. The van der Waals surface area contributed by atoms with Crippen molar-refractivity contribution in [3.05, 3.63) is 34.3 Å². The highest BCUT2D eigenvalue weighted by Crippen LogP contribution is 2.17. The molecule has 2 aromatic rings. The molecule has 0 aliphatic rings. The van der Waals surface area contributed by atoms with Crippen LogP contribution in [0.1, 0.15) is 6.92 Å². The van der Waals surface area contributed by atoms with E-state index in [0.29, 0.717) is 0 Å². The molecule has 0 aliphatic heterocycles. The van der Waals surface area contributed by atoms with E-state index in [-0.39, 0.29) is 17.6 Å². The monoisotopic (exact) mass is 228 g/mol. The molecule has 0 bridgehead atoms. The maximum atomic E-state index is 13.5. The normalized spacial score (nSPS) is 13.2. The first kappa shape index (κ1) is 10.8. The van der Waals surface area contributed by atoms with Crippen LogP contribution in [0.3, 0.4) is 0 Å². The number of nitrogens with one attached hydrogen (secondary N) is 1. The summed E-state index contributed by atoms with van der Waals surface area (Å²) in [6, 6.07) is 2.23. The summed E-state index contributed by atoms with van der Waals surface area (Å²) in [5.41, 5.74) is -0.504. The Hall–Kier alpha value is -1.69. The lowest BCUT2D eigenvalue weighted by Crippen LogP contribution is -2.23. The molecule has 0 aliphatic carbocycles. The fourth-order valence-corrected chi connectivity index (χ4v) is 1.63. The summed E-state index contributed by atoms with van der Waals surface area (Å²) < 4.78 is 27.5. The van der Waals surface area contributed by atoms with Crippen LogP contribution in [0.15, 0.2) is 16.9 Å². The van der Waals surface area contributed by atoms with Gasteiger partial charge < -0.3 is 10.1 Å². The standard InChI is InChI=1S/C10H10F2N2O2/c1-5(15)4-14-9-7(13-10(14)16)3-2-6(11)8(9)12/h2-3,5,15H,4H2,1H3,(H,13,16). The molecule has 6 heteroatoms. The third kappa shape index (κ3) is 1.61. The lowest BCUT2D eigenvalue weighted by molar-refractivity contribution is 0.173. The van der Waals surface area contributed by atoms with E-state index >= 15 is 0 Å². The van der Waals surface area contributed by atoms with Crippen LogP contribution in [-0.4, -0.2) is 20.8 Å². The lowest BCUT2D eigenvalue weighted by Gasteiger charge is -2.06. The highest BCUT2D eigenvalue weighted by molar-refractivity contribution is 5.75. The molecule has 2 N–H and O–H groups in total. The third-order valence-corrected chi connectivity index (χ3v) is 2.27. The molecule has 1 aromatic carbocycles. The van der Waals surface area contributed by atoms with Gasteiger partial charge >= 0.3 is 5.69 Å². The summed E-state index contributed by atoms with van der Waals surface area (Å²) in [6.45, 7) is 1.38. The summed E-state index contributed by atoms with van der Waals surface area (Å²) in [7, 11) is 0. The summed E-state index contributed by atoms with van der Waals surface area (Å²) in [4.78, 5) is 13.8. The highest BCUT2D eigenvalue weighted by Gasteiger charge is 2.15. The van der Waals surface area contributed by atoms with Gasteiger partial charge in [0.15, 0.2) is 11.6 Å². The van der Waals surface area contributed by atoms with Crippen LogP contribution in [0, 0.1) is 11.6 Å². The molecule has 0 spiro atoms. The predicted octanol–water partition coefficient (Wildman–Crippen LogP) is 0.989. The summed E-state index contributed by atoms with van der Waals surface area (Å²) in [6.07, 6.45) is -0.820. The van der Waals surface area contributed by atoms with Crippen LogP contribution in [0.25, 0.3) is 11.0 Å². The van der Waals surface area contributed by atoms with Gasteiger partial charge in [0.05, 0.1) is 18.2 Å². The average molecular weight is 228 g/mol. The molecule has 2 rings (SSSR count). The van der Waals surface area contributed by atoms with Gasteiger partial charge in [-0.25, -0.2) is 13.6 Å². The Bertz CT molecular complexity index is 586. The minimum Gasteiger partial charge on any atom is -0.392 e. The largest absolute Gasteiger partial charge is 0.392 e. The second kappa shape index (κ2) is 3.71. The van der Waals surface area contributed by atoms with Crippen molar-refractivity contribution in [3.8, 4) is 0 Å². The Kier molecular flexibility index (Phi) is 2.51. The van der Waals surface area contributed by atoms with E-state index in [1.54, 1.807) is 0 Å². The number of hydrogen-bond acceptors (Lipinski definition) is 2. The van der Waals surface area contributed by atoms with Crippen molar-refractivity contribution >= 4 is 11.0 Å². The zero-order chi connectivity index (χ0) is 11.9. The molecule has 4 nitrogen and oxygen atoms in total. The highest BCUT2D eigenvalue weighted by atomic mass is 19.2. The SMILES string of the molecule is CC(O)Cn1c(=O)[nH]c2ccc(F)c(F)c21. The predicted molar refractivity (Wildman–Crippen MR) is 54.2 cm³/mol. The molecule has 1 aromatic heterocycles. The van der Waals surface area contributed by atoms with Gasteiger partial charge in [-0.1, -0.05) is 0 Å². The van der Waals surface area contributed by atoms with Crippen molar-refractivity contribution in [2.75, 3.05) is 0 Å². The number of aromatic amines is 1. The number of benzene rings is 1. The van der Waals surface area contributed by atoms with E-state index < -0.39 is 23.4 Å². The number of aliphatic hydroxyl groups is 1. The first-order valence-electron chi connectivity index (χ1n) is 4.75. The number of halogens is 2. The van der Waals surface area contributed by atoms with E-state index in [4.69, 9.17) is 0 Å². The van der Waals surface area contributed by atoms with Gasteiger partial charge in [-0.2, -0.15) is 0 Å². The quantitative estimate of drug-likeness (QED) is 0.805. The van der Waals surface area contributed by atoms with Crippen molar-refractivity contribution in [1.82, 2.24) is 9.55 Å². The average Bonchev–Trinajstić information content (AvgIpc) is 2.50. The first-order valence-corrected chi connectivity index (χ1v) is 4.75. The fourth-order valence-electron chi connectivity index (χ4n) is 1.63. The first-order chi connectivity index (χ1) is 7.50. The molecular formula is C10H10F2N2O2. The molecule has 0 fully saturated rings. The van der Waals surface area contributed by atoms with Crippen molar-refractivity contribution < 1.29 is 13.9 Å². The van der Waals surface area contributed by atoms with E-state index in [1.807, 2.05) is 0 Å². The van der Waals surface area contributed by atoms with Crippen molar-refractivity contribution in [3.63, 3.8) is 0 Å². The fraction of sp³-hybridized carbons (Fsp3) is 0.300. The lowest BCUT2D eigenvalue weighted by atomic mass is 10.3. The number of fused-ring (bicyclic) bond motifs is 1. The Labute approximate surface area is 89.1 Å². The van der Waals surface area contributed by atoms with Crippen LogP contribution in [0.4, 0.5) is 8.78 Å². The Morgan fingerprint density at radius 3 is 2.81 bits per heavy atom. The van der Waals surface area contributed by atoms with Crippen LogP contribution in [0.5, 0.6) is 0 Å². The van der Waals surface area contributed by atoms with E-state index in [1.165, 1.54) is 13.0 Å². The van der Waals surface area contributed by atoms with Crippen molar-refractivity contribution in [1.29, 1.82) is 0 Å². The van der Waals surface area contributed by atoms with Crippen molar-refractivity contribution in [2.24, 2.45) is 0 Å². The molecule has 86 valence electrons. The molecule has 0 saturated heterocycles. The number of aromatic nitrogens is 2. The molecular weight excluding hydrogens is 218 g/mol. The Morgan fingerprint density at radius 1 is 1.50 bits per heavy atom. The third-order valence-electron chi connectivity index (χ3n) is 2.27. The number of aliphatic hydroxyl groups excluding tert-OH is 1. The van der Waals surface area contributed by atoms with Gasteiger partial charge in [0.2, 0.25) is 0 Å². The van der Waals surface area contributed by atoms with Gasteiger partial charge in [-0.05, 0) is 19.1 Å². The number of nitrogens with zero attached hydrogens (tertiary/aromatic N) is 1. The summed E-state index contributed by atoms with van der Waals surface area (Å²) in [5, 5.41) is 9.18. The van der Waals surface area contributed by atoms with E-state index in [0.717, 1.165) is 10.6 Å². The molecule has 1 heterocycles. The topological polar surface area (TPSA) is 58.0 Å². The van der Waals surface area contributed by atoms with Crippen LogP contribution in [0.2, 0.25) is 0 Å².